The first-order valence-corrected chi connectivity index (χ1v) is 19.7. The number of nitrogens with one attached hydrogen (secondary N) is 2. The SMILES string of the molecule is O=C1CCN(c2cnccc2CN2C[C@@H]3C[C@H]2CN3c2ccc(-c3cc(F)c4c(c3)C(=O)N(C(C(=O)Nc3nccs3)c3ncn5c3CCC5)C4)cc2)C(=O)N1. The molecule has 5 amide bonds. The minimum Gasteiger partial charge on any atom is -0.366 e. The van der Waals surface area contributed by atoms with E-state index in [9.17, 15) is 19.2 Å². The predicted octanol–water partition coefficient (Wildman–Crippen LogP) is 4.73. The molecule has 14 nitrogen and oxygen atoms in total. The van der Waals surface area contributed by atoms with Gasteiger partial charge in [0, 0.05) is 91.5 Å². The summed E-state index contributed by atoms with van der Waals surface area (Å²) >= 11 is 1.28. The lowest BCUT2D eigenvalue weighted by Gasteiger charge is -2.36. The van der Waals surface area contributed by atoms with Gasteiger partial charge < -0.3 is 14.4 Å². The first-order chi connectivity index (χ1) is 27.3. The minimum atomic E-state index is -1.04. The number of aromatic nitrogens is 4. The molecule has 284 valence electrons. The summed E-state index contributed by atoms with van der Waals surface area (Å²) in [5.74, 6) is -1.61. The third kappa shape index (κ3) is 5.91. The summed E-state index contributed by atoms with van der Waals surface area (Å²) < 4.78 is 18.0. The van der Waals surface area contributed by atoms with Crippen molar-refractivity contribution in [2.45, 2.75) is 63.4 Å². The van der Waals surface area contributed by atoms with Crippen LogP contribution in [0.1, 0.15) is 58.2 Å². The lowest BCUT2D eigenvalue weighted by atomic mass is 9.99. The Morgan fingerprint density at radius 1 is 1.00 bits per heavy atom. The van der Waals surface area contributed by atoms with Crippen molar-refractivity contribution in [3.8, 4) is 11.1 Å². The number of hydrogen-bond acceptors (Lipinski definition) is 10. The third-order valence-electron chi connectivity index (χ3n) is 11.8. The Labute approximate surface area is 325 Å². The van der Waals surface area contributed by atoms with Gasteiger partial charge >= 0.3 is 6.03 Å². The normalized spacial score (nSPS) is 20.8. The molecule has 1 unspecified atom stereocenters. The molecule has 5 aliphatic rings. The van der Waals surface area contributed by atoms with E-state index in [0.717, 1.165) is 67.1 Å². The van der Waals surface area contributed by atoms with Gasteiger partial charge in [-0.15, -0.1) is 11.3 Å². The van der Waals surface area contributed by atoms with Crippen LogP contribution in [-0.2, 0) is 35.6 Å². The number of hydrogen-bond donors (Lipinski definition) is 2. The van der Waals surface area contributed by atoms with Crippen LogP contribution in [0.15, 0.2) is 72.8 Å². The molecule has 0 aliphatic carbocycles. The number of piperazine rings is 1. The van der Waals surface area contributed by atoms with Crippen molar-refractivity contribution in [1.29, 1.82) is 0 Å². The highest BCUT2D eigenvalue weighted by molar-refractivity contribution is 7.13. The maximum atomic E-state index is 15.9. The number of carbonyl (C=O) groups is 4. The zero-order valence-corrected chi connectivity index (χ0v) is 31.0. The molecule has 0 radical (unpaired) electrons. The van der Waals surface area contributed by atoms with E-state index in [4.69, 9.17) is 0 Å². The number of pyridine rings is 1. The lowest BCUT2D eigenvalue weighted by Crippen LogP contribution is -2.50. The zero-order valence-electron chi connectivity index (χ0n) is 30.2. The predicted molar refractivity (Wildman–Crippen MR) is 205 cm³/mol. The number of imidazole rings is 1. The highest BCUT2D eigenvalue weighted by Crippen LogP contribution is 2.40. The van der Waals surface area contributed by atoms with Gasteiger partial charge in [0.2, 0.25) is 5.91 Å². The van der Waals surface area contributed by atoms with E-state index in [1.54, 1.807) is 41.3 Å². The number of nitrogens with zero attached hydrogens (tertiary/aromatic N) is 8. The number of urea groups is 1. The van der Waals surface area contributed by atoms with Crippen LogP contribution < -0.4 is 20.4 Å². The Hall–Kier alpha value is -6.00. The molecule has 5 aromatic rings. The Bertz CT molecular complexity index is 2400. The van der Waals surface area contributed by atoms with Crippen molar-refractivity contribution >= 4 is 51.6 Å². The second-order valence-electron chi connectivity index (χ2n) is 15.0. The standard InChI is InChI=1S/C40H37FN10O4S/c41-31-15-25(14-29-30(31)21-51(38(29)54)36(37(53)46-39-43-10-13-56-39)35-32-2-1-11-47(32)22-44-35)23-3-5-26(6-4-23)50-20-27-16-28(50)19-48(27)18-24-7-9-42-17-33(24)49-12-8-34(52)45-40(49)55/h3-7,9-10,13-15,17,22,27-28,36H,1-2,8,11-12,16,18-21H2,(H,43,46,53)(H,45,52,55)/t27-,28-,36?/m0/s1. The largest absolute Gasteiger partial charge is 0.366 e. The molecule has 5 aliphatic heterocycles. The molecule has 16 heteroatoms. The fourth-order valence-corrected chi connectivity index (χ4v) is 9.61. The first-order valence-electron chi connectivity index (χ1n) is 18.8. The fourth-order valence-electron chi connectivity index (χ4n) is 9.07. The van der Waals surface area contributed by atoms with E-state index in [1.807, 2.05) is 22.8 Å². The molecule has 3 atom stereocenters. The average molecular weight is 773 g/mol. The van der Waals surface area contributed by atoms with Crippen LogP contribution in [-0.4, -0.2) is 84.8 Å². The van der Waals surface area contributed by atoms with Gasteiger partial charge in [-0.2, -0.15) is 0 Å². The quantitative estimate of drug-likeness (QED) is 0.217. The van der Waals surface area contributed by atoms with Crippen molar-refractivity contribution in [3.05, 3.63) is 107 Å². The summed E-state index contributed by atoms with van der Waals surface area (Å²) in [6, 6.07) is 12.4. The van der Waals surface area contributed by atoms with Crippen molar-refractivity contribution < 1.29 is 23.6 Å². The summed E-state index contributed by atoms with van der Waals surface area (Å²) in [5, 5.41) is 7.42. The highest BCUT2D eigenvalue weighted by atomic mass is 32.1. The number of fused-ring (bicyclic) bond motifs is 4. The van der Waals surface area contributed by atoms with Crippen LogP contribution >= 0.6 is 11.3 Å². The molecule has 56 heavy (non-hydrogen) atoms. The van der Waals surface area contributed by atoms with E-state index in [-0.39, 0.29) is 30.0 Å². The van der Waals surface area contributed by atoms with E-state index < -0.39 is 29.7 Å². The zero-order chi connectivity index (χ0) is 38.1. The second kappa shape index (κ2) is 13.6. The molecule has 3 fully saturated rings. The molecular weight excluding hydrogens is 736 g/mol. The van der Waals surface area contributed by atoms with Gasteiger partial charge in [-0.25, -0.2) is 19.2 Å². The number of benzene rings is 2. The van der Waals surface area contributed by atoms with Crippen molar-refractivity contribution in [2.75, 3.05) is 34.8 Å². The Kier molecular flexibility index (Phi) is 8.40. The van der Waals surface area contributed by atoms with Crippen molar-refractivity contribution in [1.82, 2.24) is 34.6 Å². The number of thiazole rings is 1. The van der Waals surface area contributed by atoms with E-state index in [0.29, 0.717) is 41.6 Å². The van der Waals surface area contributed by atoms with Crippen LogP contribution in [0.3, 0.4) is 0 Å². The van der Waals surface area contributed by atoms with E-state index >= 15 is 4.39 Å². The third-order valence-corrected chi connectivity index (χ3v) is 12.5. The van der Waals surface area contributed by atoms with Gasteiger partial charge in [0.05, 0.1) is 30.5 Å². The van der Waals surface area contributed by atoms with Crippen molar-refractivity contribution in [3.63, 3.8) is 0 Å². The average Bonchev–Trinajstić information content (AvgIpc) is 4.06. The minimum absolute atomic E-state index is 0.0485. The van der Waals surface area contributed by atoms with Gasteiger partial charge in [0.15, 0.2) is 11.2 Å². The monoisotopic (exact) mass is 772 g/mol. The topological polar surface area (TPSA) is 149 Å². The van der Waals surface area contributed by atoms with Crippen molar-refractivity contribution in [2.24, 2.45) is 0 Å². The molecule has 3 aromatic heterocycles. The van der Waals surface area contributed by atoms with Crippen LogP contribution in [0, 0.1) is 5.82 Å². The number of aryl methyl sites for hydroxylation is 1. The van der Waals surface area contributed by atoms with E-state index in [1.165, 1.54) is 22.3 Å². The number of anilines is 3. The van der Waals surface area contributed by atoms with Crippen LogP contribution in [0.4, 0.5) is 25.7 Å². The van der Waals surface area contributed by atoms with Crippen LogP contribution in [0.5, 0.6) is 0 Å². The Morgan fingerprint density at radius 3 is 2.66 bits per heavy atom. The first kappa shape index (κ1) is 34.5. The molecule has 2 N–H and O–H groups in total. The van der Waals surface area contributed by atoms with Gasteiger partial charge in [0.1, 0.15) is 5.82 Å². The fraction of sp³-hybridized carbons (Fsp3) is 0.325. The van der Waals surface area contributed by atoms with Gasteiger partial charge in [-0.3, -0.25) is 39.8 Å². The lowest BCUT2D eigenvalue weighted by molar-refractivity contribution is -0.121. The number of imide groups is 1. The Morgan fingerprint density at radius 2 is 1.88 bits per heavy atom. The smallest absolute Gasteiger partial charge is 0.328 e. The van der Waals surface area contributed by atoms with Gasteiger partial charge in [0.25, 0.3) is 11.8 Å². The number of rotatable bonds is 9. The van der Waals surface area contributed by atoms with E-state index in [2.05, 4.69) is 47.5 Å². The number of carbonyl (C=O) groups excluding carboxylic acids is 4. The summed E-state index contributed by atoms with van der Waals surface area (Å²) in [5.41, 5.74) is 6.11. The number of likely N-dealkylation sites (tertiary alicyclic amines) is 1. The maximum absolute atomic E-state index is 15.9. The second-order valence-corrected chi connectivity index (χ2v) is 15.8. The highest BCUT2D eigenvalue weighted by Gasteiger charge is 2.44. The molecular formula is C40H37FN10O4S. The molecule has 3 saturated heterocycles. The molecule has 2 bridgehead atoms. The molecule has 2 aromatic carbocycles. The summed E-state index contributed by atoms with van der Waals surface area (Å²) in [7, 11) is 0. The number of amides is 5. The molecule has 0 saturated carbocycles. The molecule has 0 spiro atoms. The summed E-state index contributed by atoms with van der Waals surface area (Å²) in [4.78, 5) is 73.2. The van der Waals surface area contributed by atoms with Gasteiger partial charge in [-0.1, -0.05) is 12.1 Å². The number of halogens is 1. The molecule has 10 rings (SSSR count). The van der Waals surface area contributed by atoms with Crippen LogP contribution in [0.2, 0.25) is 0 Å². The summed E-state index contributed by atoms with van der Waals surface area (Å²) in [6.07, 6.45) is 9.67. The maximum Gasteiger partial charge on any atom is 0.328 e. The van der Waals surface area contributed by atoms with Gasteiger partial charge in [-0.05, 0) is 66.3 Å². The summed E-state index contributed by atoms with van der Waals surface area (Å²) in [6.45, 7) is 3.45. The molecule has 8 heterocycles. The Balaban J connectivity index is 0.845. The van der Waals surface area contributed by atoms with Crippen LogP contribution in [0.25, 0.3) is 11.1 Å².